The topological polar surface area (TPSA) is 39.5 Å². The Balaban J connectivity index is 1.88. The van der Waals surface area contributed by atoms with Crippen LogP contribution in [0.2, 0.25) is 0 Å². The molecule has 1 fully saturated rings. The van der Waals surface area contributed by atoms with Gasteiger partial charge >= 0.3 is 0 Å². The first kappa shape index (κ1) is 14.4. The summed E-state index contributed by atoms with van der Waals surface area (Å²) in [7, 11) is 2.03. The average molecular weight is 239 g/mol. The fourth-order valence-corrected chi connectivity index (χ4v) is 2.05. The molecular weight excluding hydrogens is 214 g/mol. The standard InChI is InChI=1S/C13H25N3O/c1-15(7-5-6-14)10-12-17-13-11-16-8-3-2-4-9-16/h2-5,7-13H2,1H3. The summed E-state index contributed by atoms with van der Waals surface area (Å²) in [5, 5.41) is 8.46. The van der Waals surface area contributed by atoms with Crippen molar-refractivity contribution in [2.45, 2.75) is 25.7 Å². The predicted molar refractivity (Wildman–Crippen MR) is 68.8 cm³/mol. The fraction of sp³-hybridized carbons (Fsp3) is 0.923. The number of rotatable bonds is 8. The maximum absolute atomic E-state index is 8.46. The van der Waals surface area contributed by atoms with Crippen LogP contribution in [0.4, 0.5) is 0 Å². The minimum Gasteiger partial charge on any atom is -0.379 e. The molecule has 0 bridgehead atoms. The summed E-state index contributed by atoms with van der Waals surface area (Å²) in [4.78, 5) is 4.63. The zero-order chi connectivity index (χ0) is 12.3. The van der Waals surface area contributed by atoms with E-state index in [0.29, 0.717) is 6.42 Å². The van der Waals surface area contributed by atoms with Crippen LogP contribution in [0.5, 0.6) is 0 Å². The summed E-state index contributed by atoms with van der Waals surface area (Å²) in [6.07, 6.45) is 4.68. The SMILES string of the molecule is CN(CCC#N)CCOCCN1CCCCC1. The van der Waals surface area contributed by atoms with Crippen LogP contribution in [0.1, 0.15) is 25.7 Å². The molecular formula is C13H25N3O. The number of likely N-dealkylation sites (tertiary alicyclic amines) is 1. The van der Waals surface area contributed by atoms with E-state index in [1.54, 1.807) is 0 Å². The number of nitriles is 1. The van der Waals surface area contributed by atoms with E-state index in [-0.39, 0.29) is 0 Å². The lowest BCUT2D eigenvalue weighted by Gasteiger charge is -2.26. The predicted octanol–water partition coefficient (Wildman–Crippen LogP) is 1.33. The van der Waals surface area contributed by atoms with Crippen LogP contribution >= 0.6 is 0 Å². The molecule has 1 aliphatic rings. The number of piperidine rings is 1. The van der Waals surface area contributed by atoms with Crippen molar-refractivity contribution in [3.8, 4) is 6.07 Å². The van der Waals surface area contributed by atoms with Crippen molar-refractivity contribution in [1.29, 1.82) is 5.26 Å². The van der Waals surface area contributed by atoms with Crippen molar-refractivity contribution in [1.82, 2.24) is 9.80 Å². The fourth-order valence-electron chi connectivity index (χ4n) is 2.05. The second-order valence-electron chi connectivity index (χ2n) is 4.73. The lowest BCUT2D eigenvalue weighted by Crippen LogP contribution is -2.33. The van der Waals surface area contributed by atoms with Crippen LogP contribution in [-0.2, 0) is 4.74 Å². The van der Waals surface area contributed by atoms with Gasteiger partial charge in [-0.1, -0.05) is 6.42 Å². The number of hydrogen-bond acceptors (Lipinski definition) is 4. The normalized spacial score (nSPS) is 17.2. The van der Waals surface area contributed by atoms with Crippen molar-refractivity contribution >= 4 is 0 Å². The molecule has 0 unspecified atom stereocenters. The van der Waals surface area contributed by atoms with Gasteiger partial charge in [0.2, 0.25) is 0 Å². The minimum absolute atomic E-state index is 0.601. The number of hydrogen-bond donors (Lipinski definition) is 0. The zero-order valence-corrected chi connectivity index (χ0v) is 11.0. The van der Waals surface area contributed by atoms with Crippen LogP contribution < -0.4 is 0 Å². The highest BCUT2D eigenvalue weighted by molar-refractivity contribution is 4.70. The third kappa shape index (κ3) is 7.32. The molecule has 0 radical (unpaired) electrons. The van der Waals surface area contributed by atoms with Crippen molar-refractivity contribution in [2.75, 3.05) is 53.0 Å². The van der Waals surface area contributed by atoms with Crippen molar-refractivity contribution in [2.24, 2.45) is 0 Å². The van der Waals surface area contributed by atoms with E-state index in [4.69, 9.17) is 10.00 Å². The van der Waals surface area contributed by atoms with E-state index >= 15 is 0 Å². The maximum atomic E-state index is 8.46. The van der Waals surface area contributed by atoms with Crippen LogP contribution in [0.25, 0.3) is 0 Å². The van der Waals surface area contributed by atoms with Crippen LogP contribution in [0.15, 0.2) is 0 Å². The molecule has 0 aromatic heterocycles. The second kappa shape index (κ2) is 9.41. The van der Waals surface area contributed by atoms with Crippen molar-refractivity contribution < 1.29 is 4.74 Å². The monoisotopic (exact) mass is 239 g/mol. The number of ether oxygens (including phenoxy) is 1. The largest absolute Gasteiger partial charge is 0.379 e. The molecule has 0 atom stereocenters. The molecule has 4 heteroatoms. The summed E-state index contributed by atoms with van der Waals surface area (Å²) < 4.78 is 5.62. The van der Waals surface area contributed by atoms with Gasteiger partial charge in [0, 0.05) is 26.1 Å². The highest BCUT2D eigenvalue weighted by atomic mass is 16.5. The van der Waals surface area contributed by atoms with E-state index in [1.165, 1.54) is 32.4 Å². The van der Waals surface area contributed by atoms with Gasteiger partial charge in [-0.3, -0.25) is 0 Å². The average Bonchev–Trinajstić information content (AvgIpc) is 2.37. The van der Waals surface area contributed by atoms with Gasteiger partial charge in [-0.25, -0.2) is 0 Å². The Bertz CT molecular complexity index is 221. The minimum atomic E-state index is 0.601. The summed E-state index contributed by atoms with van der Waals surface area (Å²) in [5.41, 5.74) is 0. The molecule has 0 N–H and O–H groups in total. The van der Waals surface area contributed by atoms with Gasteiger partial charge in [0.25, 0.3) is 0 Å². The van der Waals surface area contributed by atoms with Crippen LogP contribution in [-0.4, -0.2) is 62.8 Å². The third-order valence-corrected chi connectivity index (χ3v) is 3.22. The van der Waals surface area contributed by atoms with Gasteiger partial charge in [0.05, 0.1) is 19.3 Å². The van der Waals surface area contributed by atoms with Gasteiger partial charge in [0.15, 0.2) is 0 Å². The Morgan fingerprint density at radius 2 is 1.94 bits per heavy atom. The molecule has 0 aliphatic carbocycles. The quantitative estimate of drug-likeness (QED) is 0.599. The van der Waals surface area contributed by atoms with E-state index < -0.39 is 0 Å². The molecule has 0 aromatic carbocycles. The lowest BCUT2D eigenvalue weighted by molar-refractivity contribution is 0.0832. The highest BCUT2D eigenvalue weighted by Crippen LogP contribution is 2.07. The zero-order valence-electron chi connectivity index (χ0n) is 11.0. The smallest absolute Gasteiger partial charge is 0.0635 e. The molecule has 0 amide bonds. The maximum Gasteiger partial charge on any atom is 0.0635 e. The van der Waals surface area contributed by atoms with Gasteiger partial charge in [-0.05, 0) is 33.0 Å². The van der Waals surface area contributed by atoms with E-state index in [1.807, 2.05) is 7.05 Å². The summed E-state index contributed by atoms with van der Waals surface area (Å²) in [5.74, 6) is 0. The summed E-state index contributed by atoms with van der Waals surface area (Å²) >= 11 is 0. The molecule has 1 rings (SSSR count). The number of nitrogens with zero attached hydrogens (tertiary/aromatic N) is 3. The molecule has 17 heavy (non-hydrogen) atoms. The summed E-state index contributed by atoms with van der Waals surface area (Å²) in [6.45, 7) is 6.92. The van der Waals surface area contributed by atoms with Crippen molar-refractivity contribution in [3.63, 3.8) is 0 Å². The van der Waals surface area contributed by atoms with Gasteiger partial charge in [-0.15, -0.1) is 0 Å². The van der Waals surface area contributed by atoms with Gasteiger partial charge in [0.1, 0.15) is 0 Å². The molecule has 1 saturated heterocycles. The Labute approximate surface area is 105 Å². The molecule has 1 aliphatic heterocycles. The molecule has 1 heterocycles. The first-order chi connectivity index (χ1) is 8.33. The van der Waals surface area contributed by atoms with E-state index in [9.17, 15) is 0 Å². The Morgan fingerprint density at radius 1 is 1.18 bits per heavy atom. The Hall–Kier alpha value is -0.630. The van der Waals surface area contributed by atoms with E-state index in [0.717, 1.165) is 32.8 Å². The first-order valence-electron chi connectivity index (χ1n) is 6.68. The lowest BCUT2D eigenvalue weighted by atomic mass is 10.1. The van der Waals surface area contributed by atoms with E-state index in [2.05, 4.69) is 15.9 Å². The van der Waals surface area contributed by atoms with Crippen LogP contribution in [0, 0.1) is 11.3 Å². The molecule has 0 saturated carbocycles. The second-order valence-corrected chi connectivity index (χ2v) is 4.73. The van der Waals surface area contributed by atoms with Gasteiger partial charge in [-0.2, -0.15) is 5.26 Å². The molecule has 4 nitrogen and oxygen atoms in total. The third-order valence-electron chi connectivity index (χ3n) is 3.22. The number of likely N-dealkylation sites (N-methyl/N-ethyl adjacent to an activating group) is 1. The van der Waals surface area contributed by atoms with Crippen molar-refractivity contribution in [3.05, 3.63) is 0 Å². The van der Waals surface area contributed by atoms with Crippen LogP contribution in [0.3, 0.4) is 0 Å². The Morgan fingerprint density at radius 3 is 2.65 bits per heavy atom. The molecule has 0 aromatic rings. The summed E-state index contributed by atoms with van der Waals surface area (Å²) in [6, 6.07) is 2.15. The first-order valence-corrected chi connectivity index (χ1v) is 6.68. The highest BCUT2D eigenvalue weighted by Gasteiger charge is 2.08. The molecule has 98 valence electrons. The van der Waals surface area contributed by atoms with Gasteiger partial charge < -0.3 is 14.5 Å². The molecule has 0 spiro atoms. The Kier molecular flexibility index (Phi) is 7.98.